The predicted octanol–water partition coefficient (Wildman–Crippen LogP) is 0.667. The summed E-state index contributed by atoms with van der Waals surface area (Å²) < 4.78 is 10.4. The molecule has 0 saturated heterocycles. The Balaban J connectivity index is 2.11. The zero-order valence-corrected chi connectivity index (χ0v) is 14.9. The average molecular weight is 348 g/mol. The SMILES string of the molecule is CCOC(=O)C1=C(C[NH2+]Cc2cccc(OC)c2)NC(=O)N[C@@H]1CC. The highest BCUT2D eigenvalue weighted by Gasteiger charge is 2.32. The molecule has 1 aromatic rings. The molecule has 2 amide bonds. The lowest BCUT2D eigenvalue weighted by Crippen LogP contribution is -2.84. The minimum Gasteiger partial charge on any atom is -0.497 e. The lowest BCUT2D eigenvalue weighted by molar-refractivity contribution is -0.664. The number of hydrogen-bond donors (Lipinski definition) is 3. The van der Waals surface area contributed by atoms with Crippen molar-refractivity contribution in [3.63, 3.8) is 0 Å². The number of quaternary nitrogens is 1. The topological polar surface area (TPSA) is 93.3 Å². The number of urea groups is 1. The number of carbonyl (C=O) groups excluding carboxylic acids is 2. The van der Waals surface area contributed by atoms with E-state index in [1.54, 1.807) is 14.0 Å². The molecular formula is C18H26N3O4+. The van der Waals surface area contributed by atoms with Crippen molar-refractivity contribution >= 4 is 12.0 Å². The first-order valence-corrected chi connectivity index (χ1v) is 8.51. The molecule has 136 valence electrons. The molecule has 1 aliphatic rings. The van der Waals surface area contributed by atoms with E-state index in [0.717, 1.165) is 11.3 Å². The molecule has 1 aromatic carbocycles. The summed E-state index contributed by atoms with van der Waals surface area (Å²) >= 11 is 0. The van der Waals surface area contributed by atoms with Gasteiger partial charge in [0.1, 0.15) is 18.8 Å². The largest absolute Gasteiger partial charge is 0.497 e. The smallest absolute Gasteiger partial charge is 0.338 e. The lowest BCUT2D eigenvalue weighted by Gasteiger charge is -2.27. The van der Waals surface area contributed by atoms with Crippen molar-refractivity contribution < 1.29 is 24.4 Å². The third-order valence-corrected chi connectivity index (χ3v) is 4.01. The second-order valence-corrected chi connectivity index (χ2v) is 5.72. The van der Waals surface area contributed by atoms with Gasteiger partial charge in [-0.15, -0.1) is 0 Å². The average Bonchev–Trinajstić information content (AvgIpc) is 2.61. The van der Waals surface area contributed by atoms with Crippen molar-refractivity contribution in [1.82, 2.24) is 10.6 Å². The van der Waals surface area contributed by atoms with Crippen molar-refractivity contribution in [3.8, 4) is 5.75 Å². The van der Waals surface area contributed by atoms with Gasteiger partial charge in [-0.25, -0.2) is 9.59 Å². The molecule has 2 rings (SSSR count). The maximum absolute atomic E-state index is 12.3. The molecular weight excluding hydrogens is 322 g/mol. The van der Waals surface area contributed by atoms with E-state index in [4.69, 9.17) is 9.47 Å². The first-order chi connectivity index (χ1) is 12.1. The van der Waals surface area contributed by atoms with Crippen LogP contribution in [0, 0.1) is 0 Å². The Morgan fingerprint density at radius 2 is 2.08 bits per heavy atom. The first-order valence-electron chi connectivity index (χ1n) is 8.51. The molecule has 0 radical (unpaired) electrons. The van der Waals surface area contributed by atoms with Gasteiger partial charge >= 0.3 is 12.0 Å². The van der Waals surface area contributed by atoms with Gasteiger partial charge in [-0.2, -0.15) is 0 Å². The van der Waals surface area contributed by atoms with Crippen LogP contribution in [0.2, 0.25) is 0 Å². The fourth-order valence-corrected chi connectivity index (χ4v) is 2.81. The molecule has 4 N–H and O–H groups in total. The number of carbonyl (C=O) groups is 2. The van der Waals surface area contributed by atoms with Crippen LogP contribution in [-0.4, -0.2) is 38.3 Å². The van der Waals surface area contributed by atoms with E-state index < -0.39 is 0 Å². The van der Waals surface area contributed by atoms with Gasteiger partial charge in [-0.05, 0) is 25.5 Å². The number of methoxy groups -OCH3 is 1. The third kappa shape index (κ3) is 4.96. The van der Waals surface area contributed by atoms with Gasteiger partial charge in [0, 0.05) is 5.56 Å². The minimum atomic E-state index is -0.383. The van der Waals surface area contributed by atoms with Crippen molar-refractivity contribution in [2.75, 3.05) is 20.3 Å². The van der Waals surface area contributed by atoms with E-state index >= 15 is 0 Å². The number of ether oxygens (including phenoxy) is 2. The number of nitrogens with one attached hydrogen (secondary N) is 2. The molecule has 0 unspecified atom stereocenters. The van der Waals surface area contributed by atoms with Crippen molar-refractivity contribution in [2.24, 2.45) is 0 Å². The first kappa shape index (κ1) is 18.8. The summed E-state index contributed by atoms with van der Waals surface area (Å²) in [5, 5.41) is 7.55. The maximum Gasteiger partial charge on any atom is 0.338 e. The molecule has 0 aromatic heterocycles. The monoisotopic (exact) mass is 348 g/mol. The summed E-state index contributed by atoms with van der Waals surface area (Å²) in [5.41, 5.74) is 2.22. The van der Waals surface area contributed by atoms with Crippen molar-refractivity contribution in [1.29, 1.82) is 0 Å². The van der Waals surface area contributed by atoms with Crippen LogP contribution in [0.15, 0.2) is 35.5 Å². The van der Waals surface area contributed by atoms with Crippen LogP contribution in [0.5, 0.6) is 5.75 Å². The molecule has 0 bridgehead atoms. The summed E-state index contributed by atoms with van der Waals surface area (Å²) in [4.78, 5) is 24.1. The predicted molar refractivity (Wildman–Crippen MR) is 92.9 cm³/mol. The number of amides is 2. The van der Waals surface area contributed by atoms with E-state index in [2.05, 4.69) is 10.6 Å². The highest BCUT2D eigenvalue weighted by molar-refractivity contribution is 5.94. The summed E-state index contributed by atoms with van der Waals surface area (Å²) in [6.07, 6.45) is 0.626. The zero-order chi connectivity index (χ0) is 18.2. The van der Waals surface area contributed by atoms with Crippen LogP contribution in [0.4, 0.5) is 4.79 Å². The van der Waals surface area contributed by atoms with Gasteiger partial charge in [-0.3, -0.25) is 0 Å². The number of hydrogen-bond acceptors (Lipinski definition) is 4. The van der Waals surface area contributed by atoms with Crippen LogP contribution < -0.4 is 20.7 Å². The van der Waals surface area contributed by atoms with Crippen LogP contribution in [0.3, 0.4) is 0 Å². The van der Waals surface area contributed by atoms with Crippen molar-refractivity contribution in [3.05, 3.63) is 41.1 Å². The quantitative estimate of drug-likeness (QED) is 0.602. The second kappa shape index (κ2) is 9.08. The number of nitrogens with two attached hydrogens (primary N) is 1. The molecule has 1 aliphatic heterocycles. The zero-order valence-electron chi connectivity index (χ0n) is 14.9. The normalized spacial score (nSPS) is 16.9. The summed E-state index contributed by atoms with van der Waals surface area (Å²) in [6, 6.07) is 7.19. The van der Waals surface area contributed by atoms with E-state index in [9.17, 15) is 9.59 Å². The number of esters is 1. The molecule has 1 atom stereocenters. The van der Waals surface area contributed by atoms with Crippen LogP contribution >= 0.6 is 0 Å². The summed E-state index contributed by atoms with van der Waals surface area (Å²) in [7, 11) is 1.63. The van der Waals surface area contributed by atoms with E-state index in [0.29, 0.717) is 37.4 Å². The van der Waals surface area contributed by atoms with Gasteiger partial charge in [-0.1, -0.05) is 19.1 Å². The summed E-state index contributed by atoms with van der Waals surface area (Å²) in [6.45, 7) is 5.18. The number of benzene rings is 1. The van der Waals surface area contributed by atoms with Gasteiger partial charge in [0.15, 0.2) is 0 Å². The number of rotatable bonds is 8. The molecule has 0 spiro atoms. The Kier molecular flexibility index (Phi) is 6.82. The van der Waals surface area contributed by atoms with Crippen molar-refractivity contribution in [2.45, 2.75) is 32.9 Å². The Labute approximate surface area is 147 Å². The van der Waals surface area contributed by atoms with Crippen LogP contribution in [0.1, 0.15) is 25.8 Å². The fraction of sp³-hybridized carbons (Fsp3) is 0.444. The maximum atomic E-state index is 12.3. The molecule has 1 heterocycles. The molecule has 7 heteroatoms. The molecule has 7 nitrogen and oxygen atoms in total. The Morgan fingerprint density at radius 3 is 2.76 bits per heavy atom. The van der Waals surface area contributed by atoms with Crippen LogP contribution in [0.25, 0.3) is 0 Å². The minimum absolute atomic E-state index is 0.287. The third-order valence-electron chi connectivity index (χ3n) is 4.01. The van der Waals surface area contributed by atoms with Gasteiger partial charge < -0.3 is 25.4 Å². The van der Waals surface area contributed by atoms with Crippen LogP contribution in [-0.2, 0) is 16.1 Å². The Bertz CT molecular complexity index is 657. The molecule has 0 saturated carbocycles. The van der Waals surface area contributed by atoms with E-state index in [-0.39, 0.29) is 18.0 Å². The van der Waals surface area contributed by atoms with E-state index in [1.165, 1.54) is 0 Å². The highest BCUT2D eigenvalue weighted by Crippen LogP contribution is 2.16. The standard InChI is InChI=1S/C18H25N3O4/c1-4-14-16(17(22)25-5-2)15(21-18(23)20-14)11-19-10-12-7-6-8-13(9-12)24-3/h6-9,14,19H,4-5,10-11H2,1-3H3,(H2,20,21,23)/p+1/t14-/m1/s1. The van der Waals surface area contributed by atoms with Gasteiger partial charge in [0.2, 0.25) is 0 Å². The Hall–Kier alpha value is -2.54. The Morgan fingerprint density at radius 1 is 1.28 bits per heavy atom. The molecule has 0 fully saturated rings. The summed E-state index contributed by atoms with van der Waals surface area (Å²) in [5.74, 6) is 0.421. The molecule has 0 aliphatic carbocycles. The van der Waals surface area contributed by atoms with Gasteiger partial charge in [0.25, 0.3) is 0 Å². The second-order valence-electron chi connectivity index (χ2n) is 5.72. The highest BCUT2D eigenvalue weighted by atomic mass is 16.5. The van der Waals surface area contributed by atoms with E-state index in [1.807, 2.05) is 36.5 Å². The fourth-order valence-electron chi connectivity index (χ4n) is 2.81. The van der Waals surface area contributed by atoms with Gasteiger partial charge in [0.05, 0.1) is 31.0 Å². The molecule has 25 heavy (non-hydrogen) atoms. The lowest BCUT2D eigenvalue weighted by atomic mass is 10.00.